The maximum atomic E-state index is 11.7. The van der Waals surface area contributed by atoms with Crippen molar-refractivity contribution >= 4 is 40.4 Å². The molecule has 0 saturated carbocycles. The van der Waals surface area contributed by atoms with Crippen LogP contribution in [0.1, 0.15) is 5.56 Å². The smallest absolute Gasteiger partial charge is 0.259 e. The molecule has 0 aliphatic heterocycles. The Balaban J connectivity index is 1.79. The van der Waals surface area contributed by atoms with E-state index in [0.29, 0.717) is 5.75 Å². The maximum absolute atomic E-state index is 11.7. The molecule has 0 unspecified atom stereocenters. The first-order chi connectivity index (χ1) is 11.7. The Morgan fingerprint density at radius 2 is 2.08 bits per heavy atom. The van der Waals surface area contributed by atoms with Gasteiger partial charge in [-0.05, 0) is 64.6 Å². The van der Waals surface area contributed by atoms with Gasteiger partial charge in [-0.2, -0.15) is 5.10 Å². The van der Waals surface area contributed by atoms with Crippen LogP contribution in [0.15, 0.2) is 53.6 Å². The van der Waals surface area contributed by atoms with Gasteiger partial charge in [-0.15, -0.1) is 6.42 Å². The Kier molecular flexibility index (Phi) is 7.11. The molecule has 122 valence electrons. The molecule has 1 amide bonds. The molecule has 0 bridgehead atoms. The summed E-state index contributed by atoms with van der Waals surface area (Å²) in [5.74, 6) is 2.83. The van der Waals surface area contributed by atoms with Crippen molar-refractivity contribution in [2.75, 3.05) is 18.5 Å². The first kappa shape index (κ1) is 17.8. The number of amides is 1. The predicted octanol–water partition coefficient (Wildman–Crippen LogP) is 2.87. The zero-order chi connectivity index (χ0) is 17.2. The SMILES string of the molecule is C#CCOc1cccc(/C=N\NC(=O)CNc2ccc(I)cc2)c1. The molecular formula is C18H16IN3O2. The van der Waals surface area contributed by atoms with Gasteiger partial charge in [0, 0.05) is 9.26 Å². The van der Waals surface area contributed by atoms with E-state index >= 15 is 0 Å². The second-order valence-corrected chi connectivity index (χ2v) is 5.96. The second kappa shape index (κ2) is 9.57. The highest BCUT2D eigenvalue weighted by Gasteiger charge is 1.99. The third kappa shape index (κ3) is 6.30. The average Bonchev–Trinajstić information content (AvgIpc) is 2.60. The minimum absolute atomic E-state index is 0.142. The van der Waals surface area contributed by atoms with Crippen LogP contribution in [0.4, 0.5) is 5.69 Å². The molecule has 0 saturated heterocycles. The molecule has 2 aromatic rings. The van der Waals surface area contributed by atoms with Gasteiger partial charge >= 0.3 is 0 Å². The molecule has 2 N–H and O–H groups in total. The number of carbonyl (C=O) groups is 1. The molecule has 0 fully saturated rings. The van der Waals surface area contributed by atoms with E-state index in [2.05, 4.69) is 44.4 Å². The van der Waals surface area contributed by atoms with Crippen molar-refractivity contribution < 1.29 is 9.53 Å². The summed E-state index contributed by atoms with van der Waals surface area (Å²) in [7, 11) is 0. The highest BCUT2D eigenvalue weighted by molar-refractivity contribution is 14.1. The summed E-state index contributed by atoms with van der Waals surface area (Å²) >= 11 is 2.23. The lowest BCUT2D eigenvalue weighted by Crippen LogP contribution is -2.25. The third-order valence-electron chi connectivity index (χ3n) is 2.88. The number of hydrogen-bond acceptors (Lipinski definition) is 4. The Morgan fingerprint density at radius 1 is 1.29 bits per heavy atom. The summed E-state index contributed by atoms with van der Waals surface area (Å²) in [5.41, 5.74) is 4.15. The fraction of sp³-hybridized carbons (Fsp3) is 0.111. The van der Waals surface area contributed by atoms with Gasteiger partial charge in [0.25, 0.3) is 5.91 Å². The molecular weight excluding hydrogens is 417 g/mol. The minimum atomic E-state index is -0.232. The number of benzene rings is 2. The van der Waals surface area contributed by atoms with E-state index in [-0.39, 0.29) is 19.1 Å². The van der Waals surface area contributed by atoms with E-state index in [9.17, 15) is 4.79 Å². The normalized spacial score (nSPS) is 10.2. The Bertz CT molecular complexity index is 752. The van der Waals surface area contributed by atoms with Crippen LogP contribution in [0.2, 0.25) is 0 Å². The van der Waals surface area contributed by atoms with Gasteiger partial charge in [-0.25, -0.2) is 5.43 Å². The lowest BCUT2D eigenvalue weighted by molar-refractivity contribution is -0.119. The van der Waals surface area contributed by atoms with Gasteiger partial charge in [-0.3, -0.25) is 4.79 Å². The largest absolute Gasteiger partial charge is 0.481 e. The average molecular weight is 433 g/mol. The van der Waals surface area contributed by atoms with Crippen molar-refractivity contribution in [3.8, 4) is 18.1 Å². The minimum Gasteiger partial charge on any atom is -0.481 e. The van der Waals surface area contributed by atoms with Gasteiger partial charge in [-0.1, -0.05) is 18.1 Å². The van der Waals surface area contributed by atoms with E-state index < -0.39 is 0 Å². The quantitative estimate of drug-likeness (QED) is 0.306. The second-order valence-electron chi connectivity index (χ2n) is 4.72. The number of hydrogen-bond donors (Lipinski definition) is 2. The standard InChI is InChI=1S/C18H16IN3O2/c1-2-10-24-17-5-3-4-14(11-17)12-21-22-18(23)13-20-16-8-6-15(19)7-9-16/h1,3-9,11-12,20H,10,13H2,(H,22,23)/b21-12-. The first-order valence-electron chi connectivity index (χ1n) is 7.15. The van der Waals surface area contributed by atoms with Gasteiger partial charge in [0.05, 0.1) is 12.8 Å². The number of rotatable bonds is 7. The number of carbonyl (C=O) groups excluding carboxylic acids is 1. The van der Waals surface area contributed by atoms with Gasteiger partial charge < -0.3 is 10.1 Å². The molecule has 0 spiro atoms. The van der Waals surface area contributed by atoms with Crippen LogP contribution in [-0.2, 0) is 4.79 Å². The summed E-state index contributed by atoms with van der Waals surface area (Å²) in [6, 6.07) is 15.0. The topological polar surface area (TPSA) is 62.7 Å². The molecule has 6 heteroatoms. The zero-order valence-electron chi connectivity index (χ0n) is 12.8. The highest BCUT2D eigenvalue weighted by Crippen LogP contribution is 2.12. The van der Waals surface area contributed by atoms with Crippen molar-refractivity contribution in [3.63, 3.8) is 0 Å². The van der Waals surface area contributed by atoms with E-state index in [1.165, 1.54) is 0 Å². The number of ether oxygens (including phenoxy) is 1. The lowest BCUT2D eigenvalue weighted by Gasteiger charge is -2.05. The fourth-order valence-corrected chi connectivity index (χ4v) is 2.14. The molecule has 0 aliphatic carbocycles. The van der Waals surface area contributed by atoms with Gasteiger partial charge in [0.1, 0.15) is 12.4 Å². The molecule has 0 aromatic heterocycles. The van der Waals surface area contributed by atoms with Crippen molar-refractivity contribution in [3.05, 3.63) is 57.7 Å². The van der Waals surface area contributed by atoms with E-state index in [1.807, 2.05) is 36.4 Å². The van der Waals surface area contributed by atoms with Crippen molar-refractivity contribution in [1.82, 2.24) is 5.43 Å². The third-order valence-corrected chi connectivity index (χ3v) is 3.60. The molecule has 24 heavy (non-hydrogen) atoms. The van der Waals surface area contributed by atoms with Crippen molar-refractivity contribution in [2.45, 2.75) is 0 Å². The molecule has 0 aliphatic rings. The van der Waals surface area contributed by atoms with Crippen LogP contribution in [-0.4, -0.2) is 25.3 Å². The van der Waals surface area contributed by atoms with Crippen LogP contribution in [0.5, 0.6) is 5.75 Å². The number of hydrazone groups is 1. The zero-order valence-corrected chi connectivity index (χ0v) is 15.0. The number of nitrogens with zero attached hydrogens (tertiary/aromatic N) is 1. The van der Waals surface area contributed by atoms with Crippen molar-refractivity contribution in [1.29, 1.82) is 0 Å². The molecule has 5 nitrogen and oxygen atoms in total. The monoisotopic (exact) mass is 433 g/mol. The Labute approximate surface area is 154 Å². The van der Waals surface area contributed by atoms with E-state index in [1.54, 1.807) is 18.3 Å². The van der Waals surface area contributed by atoms with Crippen LogP contribution in [0.3, 0.4) is 0 Å². The van der Waals surface area contributed by atoms with Gasteiger partial charge in [0.2, 0.25) is 0 Å². The molecule has 2 rings (SSSR count). The molecule has 0 atom stereocenters. The Hall–Kier alpha value is -2.53. The van der Waals surface area contributed by atoms with E-state index in [4.69, 9.17) is 11.2 Å². The number of terminal acetylenes is 1. The highest BCUT2D eigenvalue weighted by atomic mass is 127. The lowest BCUT2D eigenvalue weighted by atomic mass is 10.2. The summed E-state index contributed by atoms with van der Waals surface area (Å²) in [6.45, 7) is 0.352. The summed E-state index contributed by atoms with van der Waals surface area (Å²) in [4.78, 5) is 11.7. The molecule has 0 heterocycles. The molecule has 0 radical (unpaired) electrons. The Morgan fingerprint density at radius 3 is 2.83 bits per heavy atom. The molecule has 2 aromatic carbocycles. The first-order valence-corrected chi connectivity index (χ1v) is 8.23. The fourth-order valence-electron chi connectivity index (χ4n) is 1.78. The maximum Gasteiger partial charge on any atom is 0.259 e. The van der Waals surface area contributed by atoms with Crippen LogP contribution < -0.4 is 15.5 Å². The number of halogens is 1. The summed E-state index contributed by atoms with van der Waals surface area (Å²) < 4.78 is 6.46. The van der Waals surface area contributed by atoms with Crippen molar-refractivity contribution in [2.24, 2.45) is 5.10 Å². The van der Waals surface area contributed by atoms with Crippen LogP contribution >= 0.6 is 22.6 Å². The summed E-state index contributed by atoms with van der Waals surface area (Å²) in [6.07, 6.45) is 6.70. The van der Waals surface area contributed by atoms with Gasteiger partial charge in [0.15, 0.2) is 0 Å². The summed E-state index contributed by atoms with van der Waals surface area (Å²) in [5, 5.41) is 6.95. The van der Waals surface area contributed by atoms with Crippen LogP contribution in [0.25, 0.3) is 0 Å². The number of nitrogens with one attached hydrogen (secondary N) is 2. The van der Waals surface area contributed by atoms with E-state index in [0.717, 1.165) is 14.8 Å². The van der Waals surface area contributed by atoms with Crippen LogP contribution in [0, 0.1) is 15.9 Å². The number of anilines is 1. The predicted molar refractivity (Wildman–Crippen MR) is 104 cm³/mol.